The molecular weight excluding hydrogens is 212 g/mol. The second-order valence-electron chi connectivity index (χ2n) is 2.79. The minimum Gasteiger partial charge on any atom is -0.393 e. The largest absolute Gasteiger partial charge is 0.393 e. The van der Waals surface area contributed by atoms with Crippen molar-refractivity contribution in [3.63, 3.8) is 0 Å². The van der Waals surface area contributed by atoms with Gasteiger partial charge in [0, 0.05) is 23.8 Å². The Labute approximate surface area is 93.0 Å². The van der Waals surface area contributed by atoms with Crippen LogP contribution in [-0.4, -0.2) is 12.8 Å². The van der Waals surface area contributed by atoms with Crippen LogP contribution in [0.5, 0.6) is 0 Å². The summed E-state index contributed by atoms with van der Waals surface area (Å²) in [5.74, 6) is -0.316. The Morgan fingerprint density at radius 2 is 2.07 bits per heavy atom. The number of ketones is 1. The van der Waals surface area contributed by atoms with Gasteiger partial charge in [-0.25, -0.2) is 0 Å². The fourth-order valence-corrected chi connectivity index (χ4v) is 1.18. The van der Waals surface area contributed by atoms with Gasteiger partial charge in [-0.3, -0.25) is 4.79 Å². The number of allylic oxidation sites excluding steroid dienone is 1. The summed E-state index contributed by atoms with van der Waals surface area (Å²) in [5.41, 5.74) is 0.516. The molecule has 0 atom stereocenters. The highest BCUT2D eigenvalue weighted by Gasteiger charge is 2.10. The molecule has 0 unspecified atom stereocenters. The number of hydrogen-bond acceptors (Lipinski definition) is 3. The third-order valence-corrected chi connectivity index (χ3v) is 2.01. The van der Waals surface area contributed by atoms with Crippen molar-refractivity contribution >= 4 is 17.4 Å². The van der Waals surface area contributed by atoms with E-state index < -0.39 is 0 Å². The summed E-state index contributed by atoms with van der Waals surface area (Å²) in [7, 11) is 1.63. The minimum absolute atomic E-state index is 0.0693. The van der Waals surface area contributed by atoms with E-state index in [9.17, 15) is 4.79 Å². The topological polar surface area (TPSA) is 52.9 Å². The van der Waals surface area contributed by atoms with Crippen LogP contribution in [0.15, 0.2) is 36.0 Å². The highest BCUT2D eigenvalue weighted by atomic mass is 35.5. The molecule has 0 aliphatic heterocycles. The normalized spacial score (nSPS) is 10.6. The Kier molecular flexibility index (Phi) is 3.90. The van der Waals surface area contributed by atoms with E-state index in [1.807, 2.05) is 6.07 Å². The average molecular weight is 221 g/mol. The minimum atomic E-state index is -0.316. The lowest BCUT2D eigenvalue weighted by Gasteiger charge is -1.99. The summed E-state index contributed by atoms with van der Waals surface area (Å²) >= 11 is 5.69. The first-order valence-corrected chi connectivity index (χ1v) is 4.64. The first-order valence-electron chi connectivity index (χ1n) is 4.27. The van der Waals surface area contributed by atoms with Gasteiger partial charge in [0.1, 0.15) is 11.6 Å². The van der Waals surface area contributed by atoms with Crippen LogP contribution in [0.25, 0.3) is 0 Å². The number of nitrogens with one attached hydrogen (secondary N) is 1. The van der Waals surface area contributed by atoms with Gasteiger partial charge < -0.3 is 5.32 Å². The lowest BCUT2D eigenvalue weighted by Crippen LogP contribution is -2.06. The van der Waals surface area contributed by atoms with Crippen molar-refractivity contribution in [1.82, 2.24) is 5.32 Å². The molecule has 0 heterocycles. The van der Waals surface area contributed by atoms with Crippen molar-refractivity contribution in [3.05, 3.63) is 46.6 Å². The maximum Gasteiger partial charge on any atom is 0.205 e. The predicted molar refractivity (Wildman–Crippen MR) is 58.5 cm³/mol. The monoisotopic (exact) mass is 220 g/mol. The van der Waals surface area contributed by atoms with E-state index in [1.54, 1.807) is 31.3 Å². The van der Waals surface area contributed by atoms with Crippen molar-refractivity contribution in [2.75, 3.05) is 7.05 Å². The molecule has 0 aromatic heterocycles. The molecule has 0 aliphatic rings. The van der Waals surface area contributed by atoms with Gasteiger partial charge in [-0.2, -0.15) is 5.26 Å². The summed E-state index contributed by atoms with van der Waals surface area (Å²) in [6.07, 6.45) is 1.37. The van der Waals surface area contributed by atoms with E-state index in [0.29, 0.717) is 10.6 Å². The smallest absolute Gasteiger partial charge is 0.205 e. The van der Waals surface area contributed by atoms with E-state index >= 15 is 0 Å². The van der Waals surface area contributed by atoms with Gasteiger partial charge >= 0.3 is 0 Å². The van der Waals surface area contributed by atoms with Crippen molar-refractivity contribution in [1.29, 1.82) is 5.26 Å². The predicted octanol–water partition coefficient (Wildman–Crippen LogP) is 2.15. The quantitative estimate of drug-likeness (QED) is 0.483. The van der Waals surface area contributed by atoms with Crippen LogP contribution in [0.4, 0.5) is 0 Å². The zero-order valence-electron chi connectivity index (χ0n) is 8.12. The van der Waals surface area contributed by atoms with Crippen LogP contribution in [0, 0.1) is 11.3 Å². The molecule has 0 fully saturated rings. The number of Topliss-reactive ketones (excluding diaryl/α,β-unsaturated/α-hetero) is 1. The molecule has 1 rings (SSSR count). The molecule has 3 nitrogen and oxygen atoms in total. The van der Waals surface area contributed by atoms with Crippen molar-refractivity contribution in [2.45, 2.75) is 0 Å². The zero-order valence-corrected chi connectivity index (χ0v) is 8.88. The first kappa shape index (κ1) is 11.3. The molecule has 0 saturated carbocycles. The fraction of sp³-hybridized carbons (Fsp3) is 0.0909. The number of benzene rings is 1. The molecule has 1 N–H and O–H groups in total. The number of halogens is 1. The molecule has 0 spiro atoms. The molecule has 0 aliphatic carbocycles. The van der Waals surface area contributed by atoms with Gasteiger partial charge in [-0.1, -0.05) is 11.6 Å². The van der Waals surface area contributed by atoms with Crippen molar-refractivity contribution in [2.24, 2.45) is 0 Å². The van der Waals surface area contributed by atoms with Gasteiger partial charge in [0.15, 0.2) is 0 Å². The maximum absolute atomic E-state index is 11.7. The van der Waals surface area contributed by atoms with Gasteiger partial charge in [0.2, 0.25) is 5.78 Å². The molecule has 0 radical (unpaired) electrons. The molecule has 15 heavy (non-hydrogen) atoms. The average Bonchev–Trinajstić information content (AvgIpc) is 2.26. The van der Waals surface area contributed by atoms with E-state index in [4.69, 9.17) is 16.9 Å². The Morgan fingerprint density at radius 1 is 1.47 bits per heavy atom. The number of nitrogens with zero attached hydrogens (tertiary/aromatic N) is 1. The second-order valence-corrected chi connectivity index (χ2v) is 3.23. The van der Waals surface area contributed by atoms with Gasteiger partial charge in [0.25, 0.3) is 0 Å². The number of nitriles is 1. The van der Waals surface area contributed by atoms with E-state index in [0.717, 1.165) is 0 Å². The Hall–Kier alpha value is -1.79. The Bertz CT molecular complexity index is 429. The van der Waals surface area contributed by atoms with Gasteiger partial charge in [0.05, 0.1) is 0 Å². The summed E-state index contributed by atoms with van der Waals surface area (Å²) in [6, 6.07) is 8.24. The van der Waals surface area contributed by atoms with Crippen LogP contribution < -0.4 is 5.32 Å². The number of hydrogen-bond donors (Lipinski definition) is 1. The van der Waals surface area contributed by atoms with Crippen LogP contribution in [-0.2, 0) is 0 Å². The van der Waals surface area contributed by atoms with Crippen molar-refractivity contribution in [3.8, 4) is 6.07 Å². The second kappa shape index (κ2) is 5.18. The number of carbonyl (C=O) groups is 1. The third kappa shape index (κ3) is 2.83. The maximum atomic E-state index is 11.7. The fourth-order valence-electron chi connectivity index (χ4n) is 1.05. The lowest BCUT2D eigenvalue weighted by atomic mass is 10.1. The summed E-state index contributed by atoms with van der Waals surface area (Å²) in [4.78, 5) is 11.7. The standard InChI is InChI=1S/C11H9ClN2O/c1-14-7-9(6-13)11(15)8-2-4-10(12)5-3-8/h2-5,7,14H,1H3. The van der Waals surface area contributed by atoms with Gasteiger partial charge in [-0.15, -0.1) is 0 Å². The Morgan fingerprint density at radius 3 is 2.53 bits per heavy atom. The van der Waals surface area contributed by atoms with E-state index in [-0.39, 0.29) is 11.4 Å². The summed E-state index contributed by atoms with van der Waals surface area (Å²) < 4.78 is 0. The number of rotatable bonds is 3. The molecule has 0 amide bonds. The molecular formula is C11H9ClN2O. The molecule has 76 valence electrons. The van der Waals surface area contributed by atoms with E-state index in [2.05, 4.69) is 5.32 Å². The highest BCUT2D eigenvalue weighted by Crippen LogP contribution is 2.12. The molecule has 0 bridgehead atoms. The number of carbonyl (C=O) groups excluding carboxylic acids is 1. The van der Waals surface area contributed by atoms with Crippen molar-refractivity contribution < 1.29 is 4.79 Å². The van der Waals surface area contributed by atoms with Crippen LogP contribution >= 0.6 is 11.6 Å². The Balaban J connectivity index is 3.00. The summed E-state index contributed by atoms with van der Waals surface area (Å²) in [6.45, 7) is 0. The summed E-state index contributed by atoms with van der Waals surface area (Å²) in [5, 5.41) is 11.9. The SMILES string of the molecule is CNC=C(C#N)C(=O)c1ccc(Cl)cc1. The highest BCUT2D eigenvalue weighted by molar-refractivity contribution is 6.30. The molecule has 4 heteroatoms. The zero-order chi connectivity index (χ0) is 11.3. The van der Waals surface area contributed by atoms with Crippen LogP contribution in [0.2, 0.25) is 5.02 Å². The van der Waals surface area contributed by atoms with Gasteiger partial charge in [-0.05, 0) is 24.3 Å². The third-order valence-electron chi connectivity index (χ3n) is 1.76. The lowest BCUT2D eigenvalue weighted by molar-refractivity contribution is 0.103. The molecule has 1 aromatic carbocycles. The van der Waals surface area contributed by atoms with Crippen LogP contribution in [0.1, 0.15) is 10.4 Å². The first-order chi connectivity index (χ1) is 7.19. The van der Waals surface area contributed by atoms with E-state index in [1.165, 1.54) is 6.20 Å². The molecule has 1 aromatic rings. The molecule has 0 saturated heterocycles. The van der Waals surface area contributed by atoms with Crippen LogP contribution in [0.3, 0.4) is 0 Å².